The summed E-state index contributed by atoms with van der Waals surface area (Å²) in [5, 5.41) is 3.40. The Morgan fingerprint density at radius 1 is 1.43 bits per heavy atom. The summed E-state index contributed by atoms with van der Waals surface area (Å²) in [6, 6.07) is 5.09. The van der Waals surface area contributed by atoms with Gasteiger partial charge in [-0.15, -0.1) is 0 Å². The first-order chi connectivity index (χ1) is 10.0. The maximum absolute atomic E-state index is 11.9. The Bertz CT molecular complexity index is 484. The van der Waals surface area contributed by atoms with Crippen molar-refractivity contribution in [2.45, 2.75) is 32.6 Å². The van der Waals surface area contributed by atoms with Crippen LogP contribution in [-0.4, -0.2) is 30.4 Å². The van der Waals surface area contributed by atoms with Crippen LogP contribution in [0.15, 0.2) is 18.2 Å². The SMILES string of the molecule is CC1CCN(CCCC(=O)Nc2cc(Cl)ccc2N)CC1. The van der Waals surface area contributed by atoms with Crippen LogP contribution in [0, 0.1) is 5.92 Å². The highest BCUT2D eigenvalue weighted by molar-refractivity contribution is 6.31. The summed E-state index contributed by atoms with van der Waals surface area (Å²) in [7, 11) is 0. The van der Waals surface area contributed by atoms with E-state index in [0.29, 0.717) is 22.8 Å². The fourth-order valence-corrected chi connectivity index (χ4v) is 2.77. The van der Waals surface area contributed by atoms with Gasteiger partial charge in [-0.25, -0.2) is 0 Å². The molecule has 2 rings (SSSR count). The van der Waals surface area contributed by atoms with Gasteiger partial charge in [-0.2, -0.15) is 0 Å². The topological polar surface area (TPSA) is 58.4 Å². The van der Waals surface area contributed by atoms with E-state index >= 15 is 0 Å². The number of benzene rings is 1. The molecule has 1 heterocycles. The standard InChI is InChI=1S/C16H24ClN3O/c1-12-6-9-20(10-7-12)8-2-3-16(21)19-15-11-13(17)4-5-14(15)18/h4-5,11-12H,2-3,6-10,18H2,1H3,(H,19,21). The molecule has 0 radical (unpaired) electrons. The van der Waals surface area contributed by atoms with E-state index in [-0.39, 0.29) is 5.91 Å². The molecular formula is C16H24ClN3O. The van der Waals surface area contributed by atoms with Crippen molar-refractivity contribution < 1.29 is 4.79 Å². The predicted molar refractivity (Wildman–Crippen MR) is 88.6 cm³/mol. The smallest absolute Gasteiger partial charge is 0.224 e. The molecule has 1 fully saturated rings. The summed E-state index contributed by atoms with van der Waals surface area (Å²) in [4.78, 5) is 14.4. The van der Waals surface area contributed by atoms with E-state index in [0.717, 1.165) is 32.0 Å². The Balaban J connectivity index is 1.71. The van der Waals surface area contributed by atoms with Crippen LogP contribution in [0.25, 0.3) is 0 Å². The zero-order valence-corrected chi connectivity index (χ0v) is 13.3. The van der Waals surface area contributed by atoms with Crippen LogP contribution < -0.4 is 11.1 Å². The second-order valence-corrected chi connectivity index (χ2v) is 6.34. The second kappa shape index (κ2) is 7.66. The number of nitrogens with two attached hydrogens (primary N) is 1. The van der Waals surface area contributed by atoms with E-state index in [4.69, 9.17) is 17.3 Å². The Labute approximate surface area is 131 Å². The molecule has 3 N–H and O–H groups in total. The highest BCUT2D eigenvalue weighted by Crippen LogP contribution is 2.23. The molecular weight excluding hydrogens is 286 g/mol. The van der Waals surface area contributed by atoms with Crippen molar-refractivity contribution >= 4 is 28.9 Å². The number of nitrogens with zero attached hydrogens (tertiary/aromatic N) is 1. The zero-order valence-electron chi connectivity index (χ0n) is 12.6. The molecule has 1 aliphatic rings. The summed E-state index contributed by atoms with van der Waals surface area (Å²) in [5.74, 6) is 0.838. The Morgan fingerprint density at radius 3 is 2.86 bits per heavy atom. The normalized spacial score (nSPS) is 16.9. The number of amides is 1. The van der Waals surface area contributed by atoms with Gasteiger partial charge >= 0.3 is 0 Å². The summed E-state index contributed by atoms with van der Waals surface area (Å²) < 4.78 is 0. The first kappa shape index (κ1) is 16.1. The number of carbonyl (C=O) groups is 1. The molecule has 0 unspecified atom stereocenters. The van der Waals surface area contributed by atoms with Gasteiger partial charge in [0, 0.05) is 11.4 Å². The molecule has 4 nitrogen and oxygen atoms in total. The number of likely N-dealkylation sites (tertiary alicyclic amines) is 1. The van der Waals surface area contributed by atoms with Crippen LogP contribution in [-0.2, 0) is 4.79 Å². The maximum atomic E-state index is 11.9. The fourth-order valence-electron chi connectivity index (χ4n) is 2.60. The first-order valence-corrected chi connectivity index (χ1v) is 7.99. The lowest BCUT2D eigenvalue weighted by Crippen LogP contribution is -2.33. The molecule has 21 heavy (non-hydrogen) atoms. The molecule has 1 aromatic rings. The molecule has 1 aromatic carbocycles. The van der Waals surface area contributed by atoms with Crippen LogP contribution in [0.1, 0.15) is 32.6 Å². The van der Waals surface area contributed by atoms with Gasteiger partial charge in [-0.05, 0) is 63.0 Å². The number of hydrogen-bond acceptors (Lipinski definition) is 3. The summed E-state index contributed by atoms with van der Waals surface area (Å²) in [6.07, 6.45) is 3.93. The molecule has 0 aliphatic carbocycles. The number of anilines is 2. The van der Waals surface area contributed by atoms with Crippen molar-refractivity contribution in [2.75, 3.05) is 30.7 Å². The van der Waals surface area contributed by atoms with Gasteiger partial charge in [-0.3, -0.25) is 4.79 Å². The van der Waals surface area contributed by atoms with Gasteiger partial charge in [0.05, 0.1) is 11.4 Å². The van der Waals surface area contributed by atoms with Crippen molar-refractivity contribution in [2.24, 2.45) is 5.92 Å². The van der Waals surface area contributed by atoms with Crippen LogP contribution in [0.5, 0.6) is 0 Å². The number of carbonyl (C=O) groups excluding carboxylic acids is 1. The van der Waals surface area contributed by atoms with Crippen LogP contribution >= 0.6 is 11.6 Å². The second-order valence-electron chi connectivity index (χ2n) is 5.91. The summed E-state index contributed by atoms with van der Waals surface area (Å²) in [6.45, 7) is 5.61. The monoisotopic (exact) mass is 309 g/mol. The van der Waals surface area contributed by atoms with E-state index in [1.165, 1.54) is 12.8 Å². The lowest BCUT2D eigenvalue weighted by molar-refractivity contribution is -0.116. The van der Waals surface area contributed by atoms with Crippen LogP contribution in [0.4, 0.5) is 11.4 Å². The molecule has 0 atom stereocenters. The Morgan fingerprint density at radius 2 is 2.14 bits per heavy atom. The van der Waals surface area contributed by atoms with Crippen LogP contribution in [0.2, 0.25) is 5.02 Å². The highest BCUT2D eigenvalue weighted by Gasteiger charge is 2.15. The molecule has 0 spiro atoms. The van der Waals surface area contributed by atoms with E-state index in [2.05, 4.69) is 17.1 Å². The number of hydrogen-bond donors (Lipinski definition) is 2. The third-order valence-electron chi connectivity index (χ3n) is 4.04. The van der Waals surface area contributed by atoms with Crippen molar-refractivity contribution in [3.63, 3.8) is 0 Å². The molecule has 1 aliphatic heterocycles. The van der Waals surface area contributed by atoms with Crippen LogP contribution in [0.3, 0.4) is 0 Å². The summed E-state index contributed by atoms with van der Waals surface area (Å²) >= 11 is 5.90. The van der Waals surface area contributed by atoms with Gasteiger partial charge in [0.25, 0.3) is 0 Å². The largest absolute Gasteiger partial charge is 0.397 e. The highest BCUT2D eigenvalue weighted by atomic mass is 35.5. The third-order valence-corrected chi connectivity index (χ3v) is 4.28. The predicted octanol–water partition coefficient (Wildman–Crippen LogP) is 3.37. The van der Waals surface area contributed by atoms with Crippen molar-refractivity contribution in [1.82, 2.24) is 4.90 Å². The lowest BCUT2D eigenvalue weighted by Gasteiger charge is -2.30. The number of nitrogen functional groups attached to an aromatic ring is 1. The molecule has 0 bridgehead atoms. The van der Waals surface area contributed by atoms with Gasteiger partial charge < -0.3 is 16.0 Å². The molecule has 1 amide bonds. The average molecular weight is 310 g/mol. The molecule has 116 valence electrons. The fraction of sp³-hybridized carbons (Fsp3) is 0.562. The molecule has 0 saturated carbocycles. The lowest BCUT2D eigenvalue weighted by atomic mass is 9.99. The number of piperidine rings is 1. The van der Waals surface area contributed by atoms with E-state index in [1.807, 2.05) is 0 Å². The first-order valence-electron chi connectivity index (χ1n) is 7.62. The zero-order chi connectivity index (χ0) is 15.2. The van der Waals surface area contributed by atoms with Gasteiger partial charge in [-0.1, -0.05) is 18.5 Å². The van der Waals surface area contributed by atoms with Gasteiger partial charge in [0.1, 0.15) is 0 Å². The number of rotatable bonds is 5. The van der Waals surface area contributed by atoms with Gasteiger partial charge in [0.2, 0.25) is 5.91 Å². The maximum Gasteiger partial charge on any atom is 0.224 e. The van der Waals surface area contributed by atoms with E-state index < -0.39 is 0 Å². The number of halogens is 1. The minimum atomic E-state index is -0.00524. The quantitative estimate of drug-likeness (QED) is 0.820. The van der Waals surface area contributed by atoms with E-state index in [1.54, 1.807) is 18.2 Å². The number of nitrogens with one attached hydrogen (secondary N) is 1. The Kier molecular flexibility index (Phi) is 5.88. The molecule has 1 saturated heterocycles. The van der Waals surface area contributed by atoms with Crippen molar-refractivity contribution in [3.05, 3.63) is 23.2 Å². The molecule has 0 aromatic heterocycles. The van der Waals surface area contributed by atoms with E-state index in [9.17, 15) is 4.79 Å². The summed E-state index contributed by atoms with van der Waals surface area (Å²) in [5.41, 5.74) is 6.95. The minimum Gasteiger partial charge on any atom is -0.397 e. The third kappa shape index (κ3) is 5.21. The van der Waals surface area contributed by atoms with Crippen molar-refractivity contribution in [3.8, 4) is 0 Å². The molecule has 5 heteroatoms. The Hall–Kier alpha value is -1.26. The van der Waals surface area contributed by atoms with Gasteiger partial charge in [0.15, 0.2) is 0 Å². The minimum absolute atomic E-state index is 0.00524. The van der Waals surface area contributed by atoms with Crippen molar-refractivity contribution in [1.29, 1.82) is 0 Å². The average Bonchev–Trinajstić information content (AvgIpc) is 2.45.